The molecule has 4 heteroatoms. The molecule has 0 spiro atoms. The van der Waals surface area contributed by atoms with Crippen molar-refractivity contribution in [1.82, 2.24) is 0 Å². The fourth-order valence-corrected chi connectivity index (χ4v) is 1.25. The van der Waals surface area contributed by atoms with Crippen molar-refractivity contribution in [3.05, 3.63) is 35.4 Å². The second kappa shape index (κ2) is 4.66. The Kier molecular flexibility index (Phi) is 3.74. The summed E-state index contributed by atoms with van der Waals surface area (Å²) in [5.74, 6) is 0. The summed E-state index contributed by atoms with van der Waals surface area (Å²) in [5, 5.41) is 8.84. The maximum Gasteiger partial charge on any atom is 0.414 e. The summed E-state index contributed by atoms with van der Waals surface area (Å²) in [4.78, 5) is 0. The van der Waals surface area contributed by atoms with Crippen molar-refractivity contribution in [2.24, 2.45) is 0 Å². The van der Waals surface area contributed by atoms with Gasteiger partial charge in [-0.05, 0) is 17.5 Å². The Hall–Kier alpha value is -1.03. The lowest BCUT2D eigenvalue weighted by molar-refractivity contribution is -0.203. The number of hydrogen-bond donors (Lipinski definition) is 1. The molecule has 0 heterocycles. The number of benzene rings is 1. The minimum Gasteiger partial charge on any atom is -0.383 e. The minimum atomic E-state index is -4.54. The van der Waals surface area contributed by atoms with Gasteiger partial charge >= 0.3 is 6.18 Å². The molecule has 0 fully saturated rings. The molecule has 0 bridgehead atoms. The molecule has 0 aliphatic heterocycles. The number of aliphatic hydroxyl groups excluding tert-OH is 1. The van der Waals surface area contributed by atoms with Gasteiger partial charge < -0.3 is 5.11 Å². The van der Waals surface area contributed by atoms with Crippen LogP contribution in [0.3, 0.4) is 0 Å². The number of aryl methyl sites for hydroxylation is 1. The highest BCUT2D eigenvalue weighted by atomic mass is 19.4. The third kappa shape index (κ3) is 3.55. The molecule has 0 aliphatic carbocycles. The van der Waals surface area contributed by atoms with E-state index < -0.39 is 12.3 Å². The van der Waals surface area contributed by atoms with Gasteiger partial charge in [0.15, 0.2) is 6.10 Å². The summed E-state index contributed by atoms with van der Waals surface area (Å²) >= 11 is 0. The molecule has 0 aliphatic rings. The van der Waals surface area contributed by atoms with Crippen LogP contribution in [0.1, 0.15) is 18.1 Å². The van der Waals surface area contributed by atoms with Gasteiger partial charge in [0.25, 0.3) is 0 Å². The molecule has 1 atom stereocenters. The molecule has 0 saturated carbocycles. The molecule has 1 aromatic rings. The van der Waals surface area contributed by atoms with Crippen LogP contribution < -0.4 is 0 Å². The van der Waals surface area contributed by atoms with Crippen molar-refractivity contribution < 1.29 is 18.3 Å². The van der Waals surface area contributed by atoms with E-state index in [9.17, 15) is 13.2 Å². The SMILES string of the molecule is CCc1ccc(CC(O)C(F)(F)F)cc1. The van der Waals surface area contributed by atoms with Gasteiger partial charge in [0, 0.05) is 6.42 Å². The Morgan fingerprint density at radius 1 is 1.13 bits per heavy atom. The number of rotatable bonds is 3. The molecule has 0 radical (unpaired) electrons. The maximum atomic E-state index is 12.0. The van der Waals surface area contributed by atoms with Crippen molar-refractivity contribution in [1.29, 1.82) is 0 Å². The highest BCUT2D eigenvalue weighted by molar-refractivity contribution is 5.23. The van der Waals surface area contributed by atoms with Gasteiger partial charge in [-0.15, -0.1) is 0 Å². The van der Waals surface area contributed by atoms with Crippen molar-refractivity contribution in [2.45, 2.75) is 32.0 Å². The molecule has 0 saturated heterocycles. The van der Waals surface area contributed by atoms with Crippen LogP contribution >= 0.6 is 0 Å². The number of alkyl halides is 3. The summed E-state index contributed by atoms with van der Waals surface area (Å²) in [6.07, 6.45) is -6.34. The quantitative estimate of drug-likeness (QED) is 0.827. The van der Waals surface area contributed by atoms with Gasteiger partial charge in [-0.3, -0.25) is 0 Å². The number of aliphatic hydroxyl groups is 1. The Morgan fingerprint density at radius 3 is 2.00 bits per heavy atom. The van der Waals surface area contributed by atoms with E-state index in [0.717, 1.165) is 12.0 Å². The lowest BCUT2D eigenvalue weighted by atomic mass is 10.0. The molecule has 1 nitrogen and oxygen atoms in total. The van der Waals surface area contributed by atoms with Gasteiger partial charge in [-0.2, -0.15) is 13.2 Å². The molecule has 0 aromatic heterocycles. The fraction of sp³-hybridized carbons (Fsp3) is 0.455. The summed E-state index contributed by atoms with van der Waals surface area (Å²) < 4.78 is 36.1. The van der Waals surface area contributed by atoms with Crippen molar-refractivity contribution >= 4 is 0 Å². The highest BCUT2D eigenvalue weighted by Gasteiger charge is 2.37. The van der Waals surface area contributed by atoms with Crippen LogP contribution in [-0.2, 0) is 12.8 Å². The molecule has 1 unspecified atom stereocenters. The van der Waals surface area contributed by atoms with Crippen LogP contribution in [0.15, 0.2) is 24.3 Å². The first-order valence-corrected chi connectivity index (χ1v) is 4.76. The van der Waals surface area contributed by atoms with Crippen LogP contribution in [0, 0.1) is 0 Å². The normalized spacial score (nSPS) is 13.9. The van der Waals surface area contributed by atoms with Gasteiger partial charge in [0.05, 0.1) is 0 Å². The maximum absolute atomic E-state index is 12.0. The molecular weight excluding hydrogens is 205 g/mol. The van der Waals surface area contributed by atoms with Crippen LogP contribution in [0.25, 0.3) is 0 Å². The van der Waals surface area contributed by atoms with E-state index in [-0.39, 0.29) is 6.42 Å². The lowest BCUT2D eigenvalue weighted by Gasteiger charge is -2.14. The van der Waals surface area contributed by atoms with E-state index in [4.69, 9.17) is 5.11 Å². The predicted molar refractivity (Wildman–Crippen MR) is 51.6 cm³/mol. The zero-order chi connectivity index (χ0) is 11.5. The van der Waals surface area contributed by atoms with Gasteiger partial charge in [-0.1, -0.05) is 31.2 Å². The Labute approximate surface area is 86.5 Å². The summed E-state index contributed by atoms with van der Waals surface area (Å²) in [7, 11) is 0. The second-order valence-corrected chi connectivity index (χ2v) is 3.43. The van der Waals surface area contributed by atoms with Gasteiger partial charge in [-0.25, -0.2) is 0 Å². The van der Waals surface area contributed by atoms with E-state index in [2.05, 4.69) is 0 Å². The monoisotopic (exact) mass is 218 g/mol. The van der Waals surface area contributed by atoms with Gasteiger partial charge in [0.2, 0.25) is 0 Å². The first-order valence-electron chi connectivity index (χ1n) is 4.76. The largest absolute Gasteiger partial charge is 0.414 e. The fourth-order valence-electron chi connectivity index (χ4n) is 1.25. The molecule has 1 N–H and O–H groups in total. The van der Waals surface area contributed by atoms with E-state index in [1.165, 1.54) is 0 Å². The van der Waals surface area contributed by atoms with Crippen molar-refractivity contribution in [3.63, 3.8) is 0 Å². The lowest BCUT2D eigenvalue weighted by Crippen LogP contribution is -2.30. The predicted octanol–water partition coefficient (Wildman–Crippen LogP) is 2.71. The zero-order valence-corrected chi connectivity index (χ0v) is 8.38. The standard InChI is InChI=1S/C11H13F3O/c1-2-8-3-5-9(6-4-8)7-10(15)11(12,13)14/h3-6,10,15H,2,7H2,1H3. The Morgan fingerprint density at radius 2 is 1.60 bits per heavy atom. The van der Waals surface area contributed by atoms with Crippen molar-refractivity contribution in [3.8, 4) is 0 Å². The molecule has 1 aromatic carbocycles. The first kappa shape index (κ1) is 12.0. The van der Waals surface area contributed by atoms with Crippen LogP contribution in [0.4, 0.5) is 13.2 Å². The average molecular weight is 218 g/mol. The first-order chi connectivity index (χ1) is 6.93. The molecule has 1 rings (SSSR count). The third-order valence-corrected chi connectivity index (χ3v) is 2.24. The van der Waals surface area contributed by atoms with E-state index in [1.54, 1.807) is 24.3 Å². The Balaban J connectivity index is 2.65. The summed E-state index contributed by atoms with van der Waals surface area (Å²) in [5.41, 5.74) is 1.57. The average Bonchev–Trinajstić information content (AvgIpc) is 2.17. The number of halogens is 3. The van der Waals surface area contributed by atoms with Crippen molar-refractivity contribution in [2.75, 3.05) is 0 Å². The van der Waals surface area contributed by atoms with E-state index >= 15 is 0 Å². The summed E-state index contributed by atoms with van der Waals surface area (Å²) in [6, 6.07) is 6.79. The molecule has 0 amide bonds. The molecular formula is C11H13F3O. The van der Waals surface area contributed by atoms with Crippen LogP contribution in [0.5, 0.6) is 0 Å². The second-order valence-electron chi connectivity index (χ2n) is 3.43. The van der Waals surface area contributed by atoms with E-state index in [0.29, 0.717) is 5.56 Å². The third-order valence-electron chi connectivity index (χ3n) is 2.24. The minimum absolute atomic E-state index is 0.381. The highest BCUT2D eigenvalue weighted by Crippen LogP contribution is 2.23. The molecule has 84 valence electrons. The Bertz CT molecular complexity index is 303. The smallest absolute Gasteiger partial charge is 0.383 e. The van der Waals surface area contributed by atoms with E-state index in [1.807, 2.05) is 6.92 Å². The number of hydrogen-bond acceptors (Lipinski definition) is 1. The topological polar surface area (TPSA) is 20.2 Å². The molecule has 15 heavy (non-hydrogen) atoms. The summed E-state index contributed by atoms with van der Waals surface area (Å²) in [6.45, 7) is 1.97. The zero-order valence-electron chi connectivity index (χ0n) is 8.38. The van der Waals surface area contributed by atoms with Crippen LogP contribution in [-0.4, -0.2) is 17.4 Å². The van der Waals surface area contributed by atoms with Crippen LogP contribution in [0.2, 0.25) is 0 Å². The van der Waals surface area contributed by atoms with Gasteiger partial charge in [0.1, 0.15) is 0 Å².